The van der Waals surface area contributed by atoms with Crippen LogP contribution < -0.4 is 5.32 Å². The van der Waals surface area contributed by atoms with Crippen molar-refractivity contribution in [2.75, 3.05) is 11.1 Å². The number of benzene rings is 1. The second-order valence-electron chi connectivity index (χ2n) is 5.27. The molecule has 1 heterocycles. The Kier molecular flexibility index (Phi) is 7.20. The molecule has 1 aromatic carbocycles. The van der Waals surface area contributed by atoms with Crippen LogP contribution >= 0.6 is 23.4 Å². The summed E-state index contributed by atoms with van der Waals surface area (Å²) < 4.78 is 1.92. The molecule has 0 spiro atoms. The van der Waals surface area contributed by atoms with Crippen molar-refractivity contribution in [1.29, 1.82) is 0 Å². The van der Waals surface area contributed by atoms with Gasteiger partial charge < -0.3 is 9.88 Å². The number of anilines is 1. The van der Waals surface area contributed by atoms with Crippen LogP contribution in [-0.4, -0.2) is 31.3 Å². The van der Waals surface area contributed by atoms with Gasteiger partial charge in [-0.25, -0.2) is 0 Å². The van der Waals surface area contributed by atoms with E-state index in [1.165, 1.54) is 30.0 Å². The van der Waals surface area contributed by atoms with Crippen molar-refractivity contribution in [3.63, 3.8) is 0 Å². The van der Waals surface area contributed by atoms with Gasteiger partial charge in [0.15, 0.2) is 5.16 Å². The number of nitro benzene ring substituents is 1. The van der Waals surface area contributed by atoms with Gasteiger partial charge in [0.1, 0.15) is 11.3 Å². The summed E-state index contributed by atoms with van der Waals surface area (Å²) >= 11 is 7.02. The van der Waals surface area contributed by atoms with Crippen molar-refractivity contribution in [2.45, 2.75) is 37.9 Å². The number of aryl methyl sites for hydroxylation is 1. The van der Waals surface area contributed by atoms with Gasteiger partial charge in [-0.05, 0) is 18.6 Å². The van der Waals surface area contributed by atoms with E-state index in [0.717, 1.165) is 25.8 Å². The average Bonchev–Trinajstić information content (AvgIpc) is 3.02. The van der Waals surface area contributed by atoms with Gasteiger partial charge in [0, 0.05) is 18.3 Å². The lowest BCUT2D eigenvalue weighted by Crippen LogP contribution is -2.14. The molecule has 1 aromatic heterocycles. The van der Waals surface area contributed by atoms with Crippen molar-refractivity contribution < 1.29 is 9.72 Å². The number of carbonyl (C=O) groups is 1. The Morgan fingerprint density at radius 1 is 1.44 bits per heavy atom. The van der Waals surface area contributed by atoms with Crippen LogP contribution in [-0.2, 0) is 11.3 Å². The molecule has 25 heavy (non-hydrogen) atoms. The molecule has 0 saturated carbocycles. The number of unbranched alkanes of at least 4 members (excludes halogenated alkanes) is 2. The Morgan fingerprint density at radius 2 is 2.24 bits per heavy atom. The molecule has 0 aliphatic carbocycles. The average molecular weight is 384 g/mol. The number of hydrogen-bond donors (Lipinski definition) is 1. The van der Waals surface area contributed by atoms with Crippen molar-refractivity contribution >= 4 is 40.6 Å². The number of nitro groups is 1. The summed E-state index contributed by atoms with van der Waals surface area (Å²) in [6, 6.07) is 4.14. The van der Waals surface area contributed by atoms with E-state index in [-0.39, 0.29) is 22.4 Å². The van der Waals surface area contributed by atoms with Crippen molar-refractivity contribution in [3.8, 4) is 0 Å². The third-order valence-corrected chi connectivity index (χ3v) is 4.64. The quantitative estimate of drug-likeness (QED) is 0.306. The van der Waals surface area contributed by atoms with Crippen molar-refractivity contribution in [1.82, 2.24) is 14.8 Å². The summed E-state index contributed by atoms with van der Waals surface area (Å²) in [4.78, 5) is 22.3. The first kappa shape index (κ1) is 19.2. The van der Waals surface area contributed by atoms with E-state index >= 15 is 0 Å². The number of hydrogen-bond acceptors (Lipinski definition) is 6. The zero-order valence-electron chi connectivity index (χ0n) is 13.6. The number of amides is 1. The summed E-state index contributed by atoms with van der Waals surface area (Å²) in [7, 11) is 0. The molecule has 0 bridgehead atoms. The van der Waals surface area contributed by atoms with E-state index in [9.17, 15) is 14.9 Å². The molecule has 0 atom stereocenters. The smallest absolute Gasteiger partial charge is 0.289 e. The van der Waals surface area contributed by atoms with E-state index < -0.39 is 4.92 Å². The molecular formula is C15H18ClN5O3S. The summed E-state index contributed by atoms with van der Waals surface area (Å²) in [5.74, 6) is -0.159. The fourth-order valence-corrected chi connectivity index (χ4v) is 3.03. The van der Waals surface area contributed by atoms with Crippen LogP contribution in [0.25, 0.3) is 0 Å². The molecule has 8 nitrogen and oxygen atoms in total. The van der Waals surface area contributed by atoms with Crippen LogP contribution in [0.2, 0.25) is 5.02 Å². The summed E-state index contributed by atoms with van der Waals surface area (Å²) in [5, 5.41) is 22.1. The minimum absolute atomic E-state index is 0.0255. The SMILES string of the molecule is CCCCCn1cnnc1SCC(=O)Nc1ccc(Cl)c([N+](=O)[O-])c1. The van der Waals surface area contributed by atoms with E-state index in [1.54, 1.807) is 6.33 Å². The topological polar surface area (TPSA) is 103 Å². The first-order valence-electron chi connectivity index (χ1n) is 7.75. The highest BCUT2D eigenvalue weighted by Gasteiger charge is 2.14. The number of rotatable bonds is 9. The minimum atomic E-state index is -0.592. The zero-order chi connectivity index (χ0) is 18.2. The summed E-state index contributed by atoms with van der Waals surface area (Å²) in [6.45, 7) is 2.95. The predicted octanol–water partition coefficient (Wildman–Crippen LogP) is 3.76. The highest BCUT2D eigenvalue weighted by molar-refractivity contribution is 7.99. The molecule has 0 unspecified atom stereocenters. The third-order valence-electron chi connectivity index (χ3n) is 3.34. The minimum Gasteiger partial charge on any atom is -0.325 e. The van der Waals surface area contributed by atoms with Crippen LogP contribution in [0.5, 0.6) is 0 Å². The zero-order valence-corrected chi connectivity index (χ0v) is 15.2. The maximum atomic E-state index is 12.1. The predicted molar refractivity (Wildman–Crippen MR) is 97.0 cm³/mol. The lowest BCUT2D eigenvalue weighted by atomic mass is 10.2. The van der Waals surface area contributed by atoms with Gasteiger partial charge in [-0.3, -0.25) is 14.9 Å². The number of nitrogens with one attached hydrogen (secondary N) is 1. The first-order valence-corrected chi connectivity index (χ1v) is 9.12. The van der Waals surface area contributed by atoms with Gasteiger partial charge in [-0.2, -0.15) is 0 Å². The van der Waals surface area contributed by atoms with E-state index in [0.29, 0.717) is 10.8 Å². The first-order chi connectivity index (χ1) is 12.0. The molecule has 1 N–H and O–H groups in total. The molecular weight excluding hydrogens is 366 g/mol. The molecule has 2 aromatic rings. The van der Waals surface area contributed by atoms with Crippen molar-refractivity contribution in [3.05, 3.63) is 39.7 Å². The number of halogens is 1. The number of nitrogens with zero attached hydrogens (tertiary/aromatic N) is 4. The lowest BCUT2D eigenvalue weighted by Gasteiger charge is -2.07. The largest absolute Gasteiger partial charge is 0.325 e. The molecule has 0 aliphatic heterocycles. The highest BCUT2D eigenvalue weighted by Crippen LogP contribution is 2.27. The number of carbonyl (C=O) groups excluding carboxylic acids is 1. The van der Waals surface area contributed by atoms with Crippen LogP contribution in [0.3, 0.4) is 0 Å². The number of aromatic nitrogens is 3. The third kappa shape index (κ3) is 5.71. The maximum Gasteiger partial charge on any atom is 0.289 e. The molecule has 10 heteroatoms. The van der Waals surface area contributed by atoms with Crippen LogP contribution in [0.1, 0.15) is 26.2 Å². The van der Waals surface area contributed by atoms with Gasteiger partial charge in [-0.1, -0.05) is 43.1 Å². The fraction of sp³-hybridized carbons (Fsp3) is 0.400. The normalized spacial score (nSPS) is 10.6. The Bertz CT molecular complexity index is 753. The standard InChI is InChI=1S/C15H18ClN5O3S/c1-2-3-4-7-20-10-17-19-15(20)25-9-14(22)18-11-5-6-12(16)13(8-11)21(23)24/h5-6,8,10H,2-4,7,9H2,1H3,(H,18,22). The second kappa shape index (κ2) is 9.38. The highest BCUT2D eigenvalue weighted by atomic mass is 35.5. The Balaban J connectivity index is 1.90. The fourth-order valence-electron chi connectivity index (χ4n) is 2.10. The molecule has 1 amide bonds. The molecule has 0 radical (unpaired) electrons. The number of thioether (sulfide) groups is 1. The maximum absolute atomic E-state index is 12.1. The van der Waals surface area contributed by atoms with Gasteiger partial charge in [0.25, 0.3) is 5.69 Å². The van der Waals surface area contributed by atoms with Crippen LogP contribution in [0.15, 0.2) is 29.7 Å². The van der Waals surface area contributed by atoms with Gasteiger partial charge in [-0.15, -0.1) is 10.2 Å². The van der Waals surface area contributed by atoms with Crippen LogP contribution in [0, 0.1) is 10.1 Å². The van der Waals surface area contributed by atoms with Crippen molar-refractivity contribution in [2.24, 2.45) is 0 Å². The Labute approximate surface area is 154 Å². The summed E-state index contributed by atoms with van der Waals surface area (Å²) in [5.41, 5.74) is 0.0777. The molecule has 2 rings (SSSR count). The molecule has 0 fully saturated rings. The van der Waals surface area contributed by atoms with E-state index in [2.05, 4.69) is 22.4 Å². The molecule has 0 saturated heterocycles. The summed E-state index contributed by atoms with van der Waals surface area (Å²) in [6.07, 6.45) is 4.93. The molecule has 134 valence electrons. The Morgan fingerprint density at radius 3 is 2.96 bits per heavy atom. The van der Waals surface area contributed by atoms with Gasteiger partial charge in [0.05, 0.1) is 10.7 Å². The monoisotopic (exact) mass is 383 g/mol. The van der Waals surface area contributed by atoms with Crippen LogP contribution in [0.4, 0.5) is 11.4 Å². The van der Waals surface area contributed by atoms with Gasteiger partial charge >= 0.3 is 0 Å². The van der Waals surface area contributed by atoms with Gasteiger partial charge in [0.2, 0.25) is 5.91 Å². The van der Waals surface area contributed by atoms with E-state index in [4.69, 9.17) is 11.6 Å². The Hall–Kier alpha value is -2.13. The van der Waals surface area contributed by atoms with E-state index in [1.807, 2.05) is 4.57 Å². The lowest BCUT2D eigenvalue weighted by molar-refractivity contribution is -0.384. The molecule has 0 aliphatic rings. The second-order valence-corrected chi connectivity index (χ2v) is 6.62.